The van der Waals surface area contributed by atoms with Gasteiger partial charge in [-0.15, -0.1) is 0 Å². The van der Waals surface area contributed by atoms with Gasteiger partial charge in [0.25, 0.3) is 0 Å². The molecule has 6 nitrogen and oxygen atoms in total. The van der Waals surface area contributed by atoms with Gasteiger partial charge in [0.05, 0.1) is 13.7 Å². The Kier molecular flexibility index (Phi) is 5.11. The Labute approximate surface area is 152 Å². The van der Waals surface area contributed by atoms with Gasteiger partial charge in [-0.1, -0.05) is 6.07 Å². The van der Waals surface area contributed by atoms with Crippen LogP contribution in [-0.2, 0) is 11.2 Å². The van der Waals surface area contributed by atoms with Gasteiger partial charge in [0.1, 0.15) is 5.75 Å². The monoisotopic (exact) mass is 353 g/mol. The van der Waals surface area contributed by atoms with Gasteiger partial charge in [-0.05, 0) is 61.2 Å². The zero-order chi connectivity index (χ0) is 18.7. The first-order chi connectivity index (χ1) is 12.5. The lowest BCUT2D eigenvalue weighted by Gasteiger charge is -2.30. The van der Waals surface area contributed by atoms with E-state index in [1.807, 2.05) is 31.2 Å². The minimum atomic E-state index is -0.476. The second kappa shape index (κ2) is 7.47. The van der Waals surface area contributed by atoms with Crippen molar-refractivity contribution in [1.82, 2.24) is 0 Å². The van der Waals surface area contributed by atoms with Crippen LogP contribution in [0.15, 0.2) is 36.4 Å². The van der Waals surface area contributed by atoms with E-state index in [0.29, 0.717) is 12.1 Å². The number of nitrogens with one attached hydrogen (secondary N) is 1. The van der Waals surface area contributed by atoms with Gasteiger partial charge in [0.15, 0.2) is 0 Å². The third kappa shape index (κ3) is 3.49. The summed E-state index contributed by atoms with van der Waals surface area (Å²) in [6.07, 6.45) is 1.85. The number of aryl methyl sites for hydroxylation is 1. The van der Waals surface area contributed by atoms with E-state index in [4.69, 9.17) is 10.5 Å². The first-order valence-corrected chi connectivity index (χ1v) is 8.62. The van der Waals surface area contributed by atoms with Gasteiger partial charge in [-0.3, -0.25) is 9.59 Å². The van der Waals surface area contributed by atoms with E-state index < -0.39 is 5.91 Å². The highest BCUT2D eigenvalue weighted by molar-refractivity contribution is 5.98. The zero-order valence-electron chi connectivity index (χ0n) is 15.0. The summed E-state index contributed by atoms with van der Waals surface area (Å²) in [7, 11) is 1.64. The SMILES string of the molecule is COc1ccc2c(c1)CCCN2C(=O)CNc1cccc(C(N)=O)c1C. The number of methoxy groups -OCH3 is 1. The summed E-state index contributed by atoms with van der Waals surface area (Å²) in [4.78, 5) is 26.0. The summed E-state index contributed by atoms with van der Waals surface area (Å²) in [6.45, 7) is 2.66. The van der Waals surface area contributed by atoms with E-state index in [-0.39, 0.29) is 12.5 Å². The lowest BCUT2D eigenvalue weighted by molar-refractivity contribution is -0.117. The molecule has 136 valence electrons. The van der Waals surface area contributed by atoms with Crippen LogP contribution in [0, 0.1) is 6.92 Å². The molecule has 0 spiro atoms. The molecular formula is C20H23N3O3. The molecule has 0 radical (unpaired) electrons. The lowest BCUT2D eigenvalue weighted by atomic mass is 10.0. The van der Waals surface area contributed by atoms with Crippen molar-refractivity contribution in [2.45, 2.75) is 19.8 Å². The van der Waals surface area contributed by atoms with E-state index in [0.717, 1.165) is 41.1 Å². The van der Waals surface area contributed by atoms with E-state index in [1.165, 1.54) is 0 Å². The second-order valence-electron chi connectivity index (χ2n) is 6.34. The molecule has 1 heterocycles. The number of nitrogens with two attached hydrogens (primary N) is 1. The number of hydrogen-bond donors (Lipinski definition) is 2. The lowest BCUT2D eigenvalue weighted by Crippen LogP contribution is -2.39. The molecule has 3 rings (SSSR count). The molecule has 2 aromatic rings. The van der Waals surface area contributed by atoms with Crippen LogP contribution in [0.4, 0.5) is 11.4 Å². The van der Waals surface area contributed by atoms with Crippen molar-refractivity contribution in [2.75, 3.05) is 30.4 Å². The smallest absolute Gasteiger partial charge is 0.249 e. The van der Waals surface area contributed by atoms with E-state index >= 15 is 0 Å². The minimum absolute atomic E-state index is 0.0139. The molecule has 2 aromatic carbocycles. The van der Waals surface area contributed by atoms with E-state index in [1.54, 1.807) is 24.1 Å². The van der Waals surface area contributed by atoms with E-state index in [9.17, 15) is 9.59 Å². The maximum Gasteiger partial charge on any atom is 0.249 e. The summed E-state index contributed by atoms with van der Waals surface area (Å²) in [5.41, 5.74) is 9.38. The number of carbonyl (C=O) groups excluding carboxylic acids is 2. The van der Waals surface area contributed by atoms with Crippen molar-refractivity contribution in [2.24, 2.45) is 5.73 Å². The van der Waals surface area contributed by atoms with Gasteiger partial charge >= 0.3 is 0 Å². The molecule has 6 heteroatoms. The molecule has 0 saturated carbocycles. The third-order valence-corrected chi connectivity index (χ3v) is 4.74. The number of nitrogens with zero attached hydrogens (tertiary/aromatic N) is 1. The average Bonchev–Trinajstić information content (AvgIpc) is 2.65. The van der Waals surface area contributed by atoms with Crippen LogP contribution >= 0.6 is 0 Å². The van der Waals surface area contributed by atoms with Gasteiger partial charge < -0.3 is 20.7 Å². The number of benzene rings is 2. The quantitative estimate of drug-likeness (QED) is 0.865. The Morgan fingerprint density at radius 3 is 2.81 bits per heavy atom. The molecule has 2 amide bonds. The van der Waals surface area contributed by atoms with Gasteiger partial charge in [-0.2, -0.15) is 0 Å². The molecule has 0 atom stereocenters. The fourth-order valence-electron chi connectivity index (χ4n) is 3.32. The molecule has 1 aliphatic rings. The van der Waals surface area contributed by atoms with Crippen LogP contribution in [-0.4, -0.2) is 32.0 Å². The number of carbonyl (C=O) groups is 2. The molecule has 0 aliphatic carbocycles. The summed E-state index contributed by atoms with van der Waals surface area (Å²) in [5, 5.41) is 3.13. The molecule has 1 aliphatic heterocycles. The highest BCUT2D eigenvalue weighted by Crippen LogP contribution is 2.30. The molecule has 0 saturated heterocycles. The highest BCUT2D eigenvalue weighted by atomic mass is 16.5. The van der Waals surface area contributed by atoms with Gasteiger partial charge in [-0.25, -0.2) is 0 Å². The zero-order valence-corrected chi connectivity index (χ0v) is 15.0. The number of fused-ring (bicyclic) bond motifs is 1. The second-order valence-corrected chi connectivity index (χ2v) is 6.34. The van der Waals surface area contributed by atoms with Crippen LogP contribution in [0.25, 0.3) is 0 Å². The Morgan fingerprint density at radius 2 is 2.08 bits per heavy atom. The van der Waals surface area contributed by atoms with Crippen molar-refractivity contribution in [3.63, 3.8) is 0 Å². The predicted molar refractivity (Wildman–Crippen MR) is 102 cm³/mol. The largest absolute Gasteiger partial charge is 0.497 e. The van der Waals surface area contributed by atoms with E-state index in [2.05, 4.69) is 5.32 Å². The number of hydrogen-bond acceptors (Lipinski definition) is 4. The first kappa shape index (κ1) is 17.8. The van der Waals surface area contributed by atoms with Crippen molar-refractivity contribution < 1.29 is 14.3 Å². The van der Waals surface area contributed by atoms with Crippen molar-refractivity contribution in [1.29, 1.82) is 0 Å². The third-order valence-electron chi connectivity index (χ3n) is 4.74. The van der Waals surface area contributed by atoms with Crippen LogP contribution in [0.1, 0.15) is 27.9 Å². The van der Waals surface area contributed by atoms with Crippen molar-refractivity contribution in [3.05, 3.63) is 53.1 Å². The average molecular weight is 353 g/mol. The van der Waals surface area contributed by atoms with Gasteiger partial charge in [0, 0.05) is 23.5 Å². The fraction of sp³-hybridized carbons (Fsp3) is 0.300. The summed E-state index contributed by atoms with van der Waals surface area (Å²) in [5.74, 6) is 0.312. The summed E-state index contributed by atoms with van der Waals surface area (Å²) in [6, 6.07) is 11.1. The first-order valence-electron chi connectivity index (χ1n) is 8.62. The fourth-order valence-corrected chi connectivity index (χ4v) is 3.32. The summed E-state index contributed by atoms with van der Waals surface area (Å²) >= 11 is 0. The molecule has 26 heavy (non-hydrogen) atoms. The number of rotatable bonds is 5. The highest BCUT2D eigenvalue weighted by Gasteiger charge is 2.23. The standard InChI is InChI=1S/C20H23N3O3/c1-13-16(20(21)25)6-3-7-17(13)22-12-19(24)23-10-4-5-14-11-15(26-2)8-9-18(14)23/h3,6-9,11,22H,4-5,10,12H2,1-2H3,(H2,21,25). The molecular weight excluding hydrogens is 330 g/mol. The van der Waals surface area contributed by atoms with Crippen LogP contribution < -0.4 is 20.7 Å². The van der Waals surface area contributed by atoms with Gasteiger partial charge in [0.2, 0.25) is 11.8 Å². The number of amides is 2. The Bertz CT molecular complexity index is 848. The number of primary amides is 1. The minimum Gasteiger partial charge on any atom is -0.497 e. The molecule has 0 fully saturated rings. The van der Waals surface area contributed by atoms with Crippen LogP contribution in [0.3, 0.4) is 0 Å². The predicted octanol–water partition coefficient (Wildman–Crippen LogP) is 2.49. The maximum atomic E-state index is 12.8. The van der Waals surface area contributed by atoms with Crippen LogP contribution in [0.5, 0.6) is 5.75 Å². The Hall–Kier alpha value is -3.02. The number of anilines is 2. The normalized spacial score (nSPS) is 13.1. The summed E-state index contributed by atoms with van der Waals surface area (Å²) < 4.78 is 5.27. The van der Waals surface area contributed by atoms with Crippen molar-refractivity contribution in [3.8, 4) is 5.75 Å². The Balaban J connectivity index is 1.74. The maximum absolute atomic E-state index is 12.8. The topological polar surface area (TPSA) is 84.7 Å². The number of ether oxygens (including phenoxy) is 1. The molecule has 0 bridgehead atoms. The molecule has 0 unspecified atom stereocenters. The Morgan fingerprint density at radius 1 is 1.27 bits per heavy atom. The molecule has 0 aromatic heterocycles. The van der Waals surface area contributed by atoms with Crippen LogP contribution in [0.2, 0.25) is 0 Å². The van der Waals surface area contributed by atoms with Crippen molar-refractivity contribution >= 4 is 23.2 Å². The molecule has 3 N–H and O–H groups in total.